The third-order valence-corrected chi connectivity index (χ3v) is 4.12. The van der Waals surface area contributed by atoms with E-state index in [4.69, 9.17) is 15.2 Å². The molecular weight excluding hydrogens is 373 g/mol. The van der Waals surface area contributed by atoms with Crippen LogP contribution in [0.3, 0.4) is 0 Å². The molecule has 0 aliphatic carbocycles. The normalized spacial score (nSPS) is 11.6. The van der Waals surface area contributed by atoms with Gasteiger partial charge >= 0.3 is 6.18 Å². The number of aromatic nitrogens is 2. The molecule has 0 aliphatic heterocycles. The summed E-state index contributed by atoms with van der Waals surface area (Å²) in [7, 11) is 3.17. The molecular formula is C19H19F3N4O2. The number of ether oxygens (including phenoxy) is 2. The molecule has 0 saturated heterocycles. The number of rotatable bonds is 6. The topological polar surface area (TPSA) is 82.3 Å². The van der Waals surface area contributed by atoms with Gasteiger partial charge in [0, 0.05) is 25.1 Å². The van der Waals surface area contributed by atoms with E-state index in [1.165, 1.54) is 19.2 Å². The highest BCUT2D eigenvalue weighted by atomic mass is 19.4. The van der Waals surface area contributed by atoms with Gasteiger partial charge in [-0.15, -0.1) is 0 Å². The minimum absolute atomic E-state index is 0.0228. The van der Waals surface area contributed by atoms with Crippen molar-refractivity contribution in [2.75, 3.05) is 38.4 Å². The van der Waals surface area contributed by atoms with Gasteiger partial charge in [0.15, 0.2) is 0 Å². The Labute approximate surface area is 159 Å². The van der Waals surface area contributed by atoms with Gasteiger partial charge < -0.3 is 20.5 Å². The van der Waals surface area contributed by atoms with Gasteiger partial charge in [0.25, 0.3) is 0 Å². The predicted molar refractivity (Wildman–Crippen MR) is 101 cm³/mol. The van der Waals surface area contributed by atoms with Crippen molar-refractivity contribution >= 4 is 22.7 Å². The van der Waals surface area contributed by atoms with Crippen molar-refractivity contribution in [1.29, 1.82) is 0 Å². The Hall–Kier alpha value is -3.07. The van der Waals surface area contributed by atoms with Crippen LogP contribution in [0.5, 0.6) is 5.75 Å². The van der Waals surface area contributed by atoms with E-state index in [-0.39, 0.29) is 30.5 Å². The van der Waals surface area contributed by atoms with E-state index in [9.17, 15) is 13.2 Å². The van der Waals surface area contributed by atoms with Crippen molar-refractivity contribution in [3.05, 3.63) is 42.0 Å². The Morgan fingerprint density at radius 2 is 1.89 bits per heavy atom. The molecule has 1 heterocycles. The number of nitrogens with two attached hydrogens (primary N) is 1. The summed E-state index contributed by atoms with van der Waals surface area (Å²) in [6.45, 7) is 0.375. The molecule has 9 heteroatoms. The summed E-state index contributed by atoms with van der Waals surface area (Å²) in [5.41, 5.74) is 5.60. The van der Waals surface area contributed by atoms with Gasteiger partial charge in [-0.1, -0.05) is 12.1 Å². The van der Waals surface area contributed by atoms with Crippen molar-refractivity contribution in [1.82, 2.24) is 9.97 Å². The number of hydrogen-bond donors (Lipinski definition) is 2. The predicted octanol–water partition coefficient (Wildman–Crippen LogP) is 3.96. The Morgan fingerprint density at radius 1 is 1.11 bits per heavy atom. The van der Waals surface area contributed by atoms with Gasteiger partial charge in [-0.05, 0) is 29.8 Å². The minimum atomic E-state index is -4.55. The monoisotopic (exact) mass is 392 g/mol. The number of methoxy groups -OCH3 is 1. The molecule has 0 bridgehead atoms. The first-order valence-corrected chi connectivity index (χ1v) is 8.42. The number of alkyl halides is 3. The maximum atomic E-state index is 13.7. The fraction of sp³-hybridized carbons (Fsp3) is 0.263. The van der Waals surface area contributed by atoms with E-state index < -0.39 is 11.7 Å². The number of fused-ring (bicyclic) bond motifs is 1. The van der Waals surface area contributed by atoms with Crippen molar-refractivity contribution in [2.45, 2.75) is 6.18 Å². The number of nitrogens with zero attached hydrogens (tertiary/aromatic N) is 2. The highest BCUT2D eigenvalue weighted by Gasteiger charge is 2.35. The molecule has 0 fully saturated rings. The molecule has 0 radical (unpaired) electrons. The molecule has 0 saturated carbocycles. The zero-order chi connectivity index (χ0) is 20.3. The molecule has 0 aliphatic rings. The first kappa shape index (κ1) is 19.7. The zero-order valence-electron chi connectivity index (χ0n) is 15.3. The Bertz CT molecular complexity index is 993. The summed E-state index contributed by atoms with van der Waals surface area (Å²) in [6.07, 6.45) is -4.55. The standard InChI is InChI=1S/C19H19F3N4O2/c1-24-17-12-7-6-11(10-14(12)25-18(23)26-17)16-13(19(20,21)22)4-3-5-15(16)28-9-8-27-2/h3-7,10H,8-9H2,1-2H3,(H3,23,24,25,26). The van der Waals surface area contributed by atoms with E-state index in [1.54, 1.807) is 25.2 Å². The lowest BCUT2D eigenvalue weighted by Gasteiger charge is -2.18. The number of nitrogen functional groups attached to an aromatic ring is 1. The van der Waals surface area contributed by atoms with E-state index in [0.717, 1.165) is 6.07 Å². The molecule has 3 rings (SSSR count). The van der Waals surface area contributed by atoms with Crippen LogP contribution < -0.4 is 15.8 Å². The van der Waals surface area contributed by atoms with Gasteiger partial charge in [-0.2, -0.15) is 18.2 Å². The summed E-state index contributed by atoms with van der Waals surface area (Å²) in [5.74, 6) is 0.631. The van der Waals surface area contributed by atoms with Gasteiger partial charge in [-0.25, -0.2) is 4.98 Å². The quantitative estimate of drug-likeness (QED) is 0.618. The summed E-state index contributed by atoms with van der Waals surface area (Å²) >= 11 is 0. The smallest absolute Gasteiger partial charge is 0.417 e. The first-order chi connectivity index (χ1) is 13.3. The van der Waals surface area contributed by atoms with Gasteiger partial charge in [0.1, 0.15) is 18.2 Å². The van der Waals surface area contributed by atoms with Crippen LogP contribution in [0.1, 0.15) is 5.56 Å². The summed E-state index contributed by atoms with van der Waals surface area (Å²) in [5, 5.41) is 3.55. The lowest BCUT2D eigenvalue weighted by Crippen LogP contribution is -2.10. The Kier molecular flexibility index (Phi) is 5.55. The maximum Gasteiger partial charge on any atom is 0.417 e. The maximum absolute atomic E-state index is 13.7. The third kappa shape index (κ3) is 3.94. The third-order valence-electron chi connectivity index (χ3n) is 4.12. The van der Waals surface area contributed by atoms with E-state index in [2.05, 4.69) is 15.3 Å². The minimum Gasteiger partial charge on any atom is -0.491 e. The van der Waals surface area contributed by atoms with Crippen LogP contribution in [0, 0.1) is 0 Å². The molecule has 3 aromatic rings. The molecule has 2 aromatic carbocycles. The summed E-state index contributed by atoms with van der Waals surface area (Å²) in [6, 6.07) is 8.61. The fourth-order valence-electron chi connectivity index (χ4n) is 2.91. The van der Waals surface area contributed by atoms with E-state index in [1.807, 2.05) is 0 Å². The van der Waals surface area contributed by atoms with Crippen molar-refractivity contribution in [2.24, 2.45) is 0 Å². The van der Waals surface area contributed by atoms with Gasteiger partial charge in [0.2, 0.25) is 5.95 Å². The second-order valence-electron chi connectivity index (χ2n) is 5.93. The first-order valence-electron chi connectivity index (χ1n) is 8.42. The van der Waals surface area contributed by atoms with Crippen molar-refractivity contribution in [3.8, 4) is 16.9 Å². The molecule has 0 unspecified atom stereocenters. The van der Waals surface area contributed by atoms with Crippen LogP contribution >= 0.6 is 0 Å². The number of nitrogens with one attached hydrogen (secondary N) is 1. The molecule has 0 spiro atoms. The largest absolute Gasteiger partial charge is 0.491 e. The average Bonchev–Trinajstić information content (AvgIpc) is 2.66. The lowest BCUT2D eigenvalue weighted by atomic mass is 9.97. The van der Waals surface area contributed by atoms with Crippen molar-refractivity contribution in [3.63, 3.8) is 0 Å². The molecule has 0 atom stereocenters. The second kappa shape index (κ2) is 7.89. The zero-order valence-corrected chi connectivity index (χ0v) is 15.3. The van der Waals surface area contributed by atoms with E-state index in [0.29, 0.717) is 22.3 Å². The highest BCUT2D eigenvalue weighted by Crippen LogP contribution is 2.43. The number of benzene rings is 2. The van der Waals surface area contributed by atoms with Gasteiger partial charge in [-0.3, -0.25) is 0 Å². The average molecular weight is 392 g/mol. The SMILES string of the molecule is CNc1nc(N)nc2cc(-c3c(OCCOC)cccc3C(F)(F)F)ccc12. The van der Waals surface area contributed by atoms with Crippen LogP contribution in [0.25, 0.3) is 22.0 Å². The molecule has 1 aromatic heterocycles. The summed E-state index contributed by atoms with van der Waals surface area (Å²) < 4.78 is 51.5. The highest BCUT2D eigenvalue weighted by molar-refractivity contribution is 5.93. The fourth-order valence-corrected chi connectivity index (χ4v) is 2.91. The lowest BCUT2D eigenvalue weighted by molar-refractivity contribution is -0.137. The molecule has 148 valence electrons. The Balaban J connectivity index is 2.20. The number of halogens is 3. The van der Waals surface area contributed by atoms with Crippen LogP contribution in [-0.2, 0) is 10.9 Å². The van der Waals surface area contributed by atoms with Crippen LogP contribution in [-0.4, -0.2) is 37.3 Å². The van der Waals surface area contributed by atoms with E-state index >= 15 is 0 Å². The molecule has 28 heavy (non-hydrogen) atoms. The van der Waals surface area contributed by atoms with Crippen molar-refractivity contribution < 1.29 is 22.6 Å². The molecule has 3 N–H and O–H groups in total. The Morgan fingerprint density at radius 3 is 2.57 bits per heavy atom. The number of anilines is 2. The molecule has 0 amide bonds. The summed E-state index contributed by atoms with van der Waals surface area (Å²) in [4.78, 5) is 8.24. The van der Waals surface area contributed by atoms with Gasteiger partial charge in [0.05, 0.1) is 17.7 Å². The van der Waals surface area contributed by atoms with Crippen LogP contribution in [0.2, 0.25) is 0 Å². The van der Waals surface area contributed by atoms with Crippen LogP contribution in [0.4, 0.5) is 24.9 Å². The number of hydrogen-bond acceptors (Lipinski definition) is 6. The van der Waals surface area contributed by atoms with Crippen LogP contribution in [0.15, 0.2) is 36.4 Å². The molecule has 6 nitrogen and oxygen atoms in total. The second-order valence-corrected chi connectivity index (χ2v) is 5.93.